The van der Waals surface area contributed by atoms with Crippen LogP contribution in [0.1, 0.15) is 41.6 Å². The Morgan fingerprint density at radius 2 is 1.84 bits per heavy atom. The second-order valence-corrected chi connectivity index (χ2v) is 8.47. The first kappa shape index (κ1) is 22.7. The Morgan fingerprint density at radius 3 is 2.52 bits per heavy atom. The molecular formula is C23H27N5O2S. The molecule has 0 aliphatic rings. The number of hydrogen-bond donors (Lipinski definition) is 1. The molecule has 31 heavy (non-hydrogen) atoms. The van der Waals surface area contributed by atoms with E-state index in [-0.39, 0.29) is 23.5 Å². The number of ketones is 1. The fourth-order valence-electron chi connectivity index (χ4n) is 3.00. The molecule has 0 fully saturated rings. The number of nitrogens with one attached hydrogen (secondary N) is 1. The van der Waals surface area contributed by atoms with E-state index in [1.54, 1.807) is 24.3 Å². The molecule has 1 heterocycles. The van der Waals surface area contributed by atoms with Crippen molar-refractivity contribution in [2.45, 2.75) is 31.6 Å². The van der Waals surface area contributed by atoms with Crippen LogP contribution in [0.5, 0.6) is 0 Å². The van der Waals surface area contributed by atoms with Crippen LogP contribution in [-0.4, -0.2) is 51.2 Å². The molecule has 8 heteroatoms. The number of rotatable bonds is 9. The molecule has 0 radical (unpaired) electrons. The molecule has 7 nitrogen and oxygen atoms in total. The van der Waals surface area contributed by atoms with Crippen LogP contribution in [0.25, 0.3) is 0 Å². The number of anilines is 1. The summed E-state index contributed by atoms with van der Waals surface area (Å²) in [5.74, 6) is 0.836. The van der Waals surface area contributed by atoms with Gasteiger partial charge >= 0.3 is 0 Å². The van der Waals surface area contributed by atoms with Crippen molar-refractivity contribution in [2.24, 2.45) is 0 Å². The lowest BCUT2D eigenvalue weighted by atomic mass is 10.1. The molecule has 3 aromatic rings. The van der Waals surface area contributed by atoms with Gasteiger partial charge in [0.25, 0.3) is 0 Å². The Bertz CT molecular complexity index is 1050. The first-order valence-corrected chi connectivity index (χ1v) is 11.0. The van der Waals surface area contributed by atoms with Gasteiger partial charge in [0, 0.05) is 11.3 Å². The molecule has 1 N–H and O–H groups in total. The highest BCUT2D eigenvalue weighted by Crippen LogP contribution is 2.24. The van der Waals surface area contributed by atoms with E-state index < -0.39 is 0 Å². The minimum absolute atomic E-state index is 0.0398. The van der Waals surface area contributed by atoms with Crippen LogP contribution in [0.3, 0.4) is 0 Å². The fourth-order valence-corrected chi connectivity index (χ4v) is 3.75. The monoisotopic (exact) mass is 437 g/mol. The van der Waals surface area contributed by atoms with Crippen LogP contribution in [0, 0.1) is 0 Å². The van der Waals surface area contributed by atoms with Crippen molar-refractivity contribution in [3.8, 4) is 0 Å². The van der Waals surface area contributed by atoms with Gasteiger partial charge in [0.15, 0.2) is 16.8 Å². The van der Waals surface area contributed by atoms with Gasteiger partial charge < -0.3 is 9.88 Å². The highest BCUT2D eigenvalue weighted by molar-refractivity contribution is 7.99. The van der Waals surface area contributed by atoms with E-state index >= 15 is 0 Å². The maximum absolute atomic E-state index is 12.5. The first-order valence-electron chi connectivity index (χ1n) is 10.0. The molecule has 1 amide bonds. The van der Waals surface area contributed by atoms with E-state index in [4.69, 9.17) is 0 Å². The van der Waals surface area contributed by atoms with Crippen LogP contribution in [0.4, 0.5) is 5.69 Å². The molecule has 1 atom stereocenters. The van der Waals surface area contributed by atoms with Gasteiger partial charge in [-0.2, -0.15) is 0 Å². The molecule has 162 valence electrons. The van der Waals surface area contributed by atoms with Gasteiger partial charge in [0.05, 0.1) is 18.3 Å². The first-order chi connectivity index (χ1) is 14.8. The highest BCUT2D eigenvalue weighted by Gasteiger charge is 2.20. The predicted octanol–water partition coefficient (Wildman–Crippen LogP) is 3.88. The van der Waals surface area contributed by atoms with Crippen molar-refractivity contribution >= 4 is 29.1 Å². The molecule has 2 aromatic carbocycles. The number of aromatic nitrogens is 3. The van der Waals surface area contributed by atoms with Gasteiger partial charge in [-0.1, -0.05) is 54.2 Å². The zero-order chi connectivity index (χ0) is 22.4. The second kappa shape index (κ2) is 10.4. The summed E-state index contributed by atoms with van der Waals surface area (Å²) in [7, 11) is 4.00. The van der Waals surface area contributed by atoms with Gasteiger partial charge in [-0.25, -0.2) is 0 Å². The molecule has 0 aliphatic carbocycles. The van der Waals surface area contributed by atoms with Gasteiger partial charge in [-0.15, -0.1) is 10.2 Å². The standard InChI is InChI=1S/C23H27N5O2S/c1-16(27(3)4)22-25-26-23(28(22)14-18-9-6-5-7-10-18)31-15-21(30)24-20-12-8-11-19(13-20)17(2)29/h5-13,16H,14-15H2,1-4H3,(H,24,30)/t16-/m0/s1. The van der Waals surface area contributed by atoms with Gasteiger partial charge in [-0.05, 0) is 45.6 Å². The predicted molar refractivity (Wildman–Crippen MR) is 123 cm³/mol. The van der Waals surface area contributed by atoms with E-state index in [2.05, 4.69) is 44.0 Å². The Morgan fingerprint density at radius 1 is 1.10 bits per heavy atom. The summed E-state index contributed by atoms with van der Waals surface area (Å²) < 4.78 is 2.06. The van der Waals surface area contributed by atoms with E-state index in [1.165, 1.54) is 18.7 Å². The molecule has 3 rings (SSSR count). The number of benzene rings is 2. The largest absolute Gasteiger partial charge is 0.325 e. The summed E-state index contributed by atoms with van der Waals surface area (Å²) in [5, 5.41) is 12.3. The lowest BCUT2D eigenvalue weighted by molar-refractivity contribution is -0.113. The van der Waals surface area contributed by atoms with Crippen molar-refractivity contribution in [3.63, 3.8) is 0 Å². The summed E-state index contributed by atoms with van der Waals surface area (Å²) in [4.78, 5) is 26.1. The summed E-state index contributed by atoms with van der Waals surface area (Å²) in [5.41, 5.74) is 2.31. The van der Waals surface area contributed by atoms with E-state index in [1.807, 2.05) is 32.3 Å². The second-order valence-electron chi connectivity index (χ2n) is 7.53. The SMILES string of the molecule is CC(=O)c1cccc(NC(=O)CSc2nnc([C@H](C)N(C)C)n2Cc2ccccc2)c1. The molecule has 0 saturated carbocycles. The minimum Gasteiger partial charge on any atom is -0.325 e. The highest BCUT2D eigenvalue weighted by atomic mass is 32.2. The van der Waals surface area contributed by atoms with Crippen LogP contribution in [0.15, 0.2) is 59.8 Å². The Labute approximate surface area is 186 Å². The third kappa shape index (κ3) is 6.02. The molecule has 0 saturated heterocycles. The number of amides is 1. The summed E-state index contributed by atoms with van der Waals surface area (Å²) in [6.45, 7) is 4.21. The van der Waals surface area contributed by atoms with Crippen molar-refractivity contribution in [1.29, 1.82) is 0 Å². The quantitative estimate of drug-likeness (QED) is 0.404. The number of hydrogen-bond acceptors (Lipinski definition) is 6. The van der Waals surface area contributed by atoms with Crippen molar-refractivity contribution < 1.29 is 9.59 Å². The maximum Gasteiger partial charge on any atom is 0.234 e. The number of carbonyl (C=O) groups is 2. The number of thioether (sulfide) groups is 1. The van der Waals surface area contributed by atoms with Crippen molar-refractivity contribution in [1.82, 2.24) is 19.7 Å². The average molecular weight is 438 g/mol. The Kier molecular flexibility index (Phi) is 7.59. The van der Waals surface area contributed by atoms with Gasteiger partial charge in [0.2, 0.25) is 5.91 Å². The zero-order valence-corrected chi connectivity index (χ0v) is 19.0. The lowest BCUT2D eigenvalue weighted by Crippen LogP contribution is -2.21. The molecular weight excluding hydrogens is 410 g/mol. The van der Waals surface area contributed by atoms with Crippen molar-refractivity contribution in [2.75, 3.05) is 25.2 Å². The molecule has 0 spiro atoms. The van der Waals surface area contributed by atoms with Gasteiger partial charge in [0.1, 0.15) is 0 Å². The Balaban J connectivity index is 1.74. The van der Waals surface area contributed by atoms with Crippen LogP contribution in [-0.2, 0) is 11.3 Å². The van der Waals surface area contributed by atoms with Crippen molar-refractivity contribution in [3.05, 3.63) is 71.5 Å². The lowest BCUT2D eigenvalue weighted by Gasteiger charge is -2.20. The molecule has 0 bridgehead atoms. The van der Waals surface area contributed by atoms with E-state index in [0.29, 0.717) is 23.0 Å². The van der Waals surface area contributed by atoms with Gasteiger partial charge in [-0.3, -0.25) is 14.5 Å². The fraction of sp³-hybridized carbons (Fsp3) is 0.304. The zero-order valence-electron chi connectivity index (χ0n) is 18.2. The third-order valence-electron chi connectivity index (χ3n) is 4.96. The summed E-state index contributed by atoms with van der Waals surface area (Å²) in [6, 6.07) is 17.1. The number of carbonyl (C=O) groups excluding carboxylic acids is 2. The molecule has 1 aromatic heterocycles. The normalized spacial score (nSPS) is 12.0. The van der Waals surface area contributed by atoms with E-state index in [0.717, 1.165) is 11.4 Å². The maximum atomic E-state index is 12.5. The van der Waals surface area contributed by atoms with E-state index in [9.17, 15) is 9.59 Å². The number of nitrogens with zero attached hydrogens (tertiary/aromatic N) is 4. The summed E-state index contributed by atoms with van der Waals surface area (Å²) >= 11 is 1.35. The average Bonchev–Trinajstić information content (AvgIpc) is 3.14. The molecule has 0 unspecified atom stereocenters. The molecule has 0 aliphatic heterocycles. The van der Waals surface area contributed by atoms with Crippen LogP contribution in [0.2, 0.25) is 0 Å². The smallest absolute Gasteiger partial charge is 0.234 e. The van der Waals surface area contributed by atoms with Crippen LogP contribution < -0.4 is 5.32 Å². The minimum atomic E-state index is -0.165. The third-order valence-corrected chi connectivity index (χ3v) is 5.93. The summed E-state index contributed by atoms with van der Waals surface area (Å²) in [6.07, 6.45) is 0. The number of Topliss-reactive ketones (excluding diaryl/α,β-unsaturated/α-hetero) is 1. The Hall–Kier alpha value is -2.97. The van der Waals surface area contributed by atoms with Crippen LogP contribution >= 0.6 is 11.8 Å². The topological polar surface area (TPSA) is 80.1 Å².